The van der Waals surface area contributed by atoms with Crippen molar-refractivity contribution in [2.45, 2.75) is 46.6 Å². The molecule has 1 aromatic rings. The Morgan fingerprint density at radius 1 is 1.47 bits per heavy atom. The molecule has 0 spiro atoms. The van der Waals surface area contributed by atoms with Crippen LogP contribution in [0.4, 0.5) is 0 Å². The molecule has 5 nitrogen and oxygen atoms in total. The molecule has 19 heavy (non-hydrogen) atoms. The number of hydrogen-bond donors (Lipinski definition) is 2. The van der Waals surface area contributed by atoms with E-state index >= 15 is 0 Å². The first-order valence-electron chi connectivity index (χ1n) is 6.42. The van der Waals surface area contributed by atoms with Crippen molar-refractivity contribution in [2.75, 3.05) is 6.54 Å². The highest BCUT2D eigenvalue weighted by Crippen LogP contribution is 2.12. The second-order valence-electron chi connectivity index (χ2n) is 4.76. The molecular weight excluding hydrogens is 266 g/mol. The van der Waals surface area contributed by atoms with Gasteiger partial charge in [-0.2, -0.15) is 0 Å². The van der Waals surface area contributed by atoms with Crippen molar-refractivity contribution < 1.29 is 9.32 Å². The van der Waals surface area contributed by atoms with Crippen LogP contribution in [0.25, 0.3) is 0 Å². The molecule has 6 heteroatoms. The lowest BCUT2D eigenvalue weighted by atomic mass is 9.99. The third-order valence-corrected chi connectivity index (χ3v) is 3.42. The summed E-state index contributed by atoms with van der Waals surface area (Å²) in [5, 5.41) is 6.74. The number of nitrogens with one attached hydrogen (secondary N) is 1. The first-order valence-corrected chi connectivity index (χ1v) is 6.42. The zero-order chi connectivity index (χ0) is 13.7. The molecule has 1 rings (SSSR count). The first kappa shape index (κ1) is 17.9. The largest absolute Gasteiger partial charge is 0.361 e. The molecule has 0 aliphatic carbocycles. The predicted molar refractivity (Wildman–Crippen MR) is 77.4 cm³/mol. The molecule has 1 aromatic heterocycles. The molecule has 3 N–H and O–H groups in total. The molecule has 1 amide bonds. The number of nitrogens with zero attached hydrogens (tertiary/aromatic N) is 1. The predicted octanol–water partition coefficient (Wildman–Crippen LogP) is 1.75. The van der Waals surface area contributed by atoms with Crippen LogP contribution in [0.15, 0.2) is 4.52 Å². The molecule has 0 fully saturated rings. The summed E-state index contributed by atoms with van der Waals surface area (Å²) in [5.41, 5.74) is 7.79. The Bertz CT molecular complexity index is 387. The molecule has 0 radical (unpaired) electrons. The highest BCUT2D eigenvalue weighted by Gasteiger charge is 2.19. The zero-order valence-electron chi connectivity index (χ0n) is 12.0. The minimum Gasteiger partial charge on any atom is -0.361 e. The van der Waals surface area contributed by atoms with Crippen molar-refractivity contribution in [1.29, 1.82) is 0 Å². The van der Waals surface area contributed by atoms with Crippen molar-refractivity contribution in [1.82, 2.24) is 10.5 Å². The smallest absolute Gasteiger partial charge is 0.237 e. The number of aryl methyl sites for hydroxylation is 2. The van der Waals surface area contributed by atoms with E-state index in [2.05, 4.69) is 10.5 Å². The van der Waals surface area contributed by atoms with E-state index in [1.807, 2.05) is 27.7 Å². The van der Waals surface area contributed by atoms with Gasteiger partial charge in [-0.3, -0.25) is 4.79 Å². The highest BCUT2D eigenvalue weighted by atomic mass is 35.5. The lowest BCUT2D eigenvalue weighted by molar-refractivity contribution is -0.123. The molecular formula is C13H24ClN3O2. The van der Waals surface area contributed by atoms with Gasteiger partial charge in [0.15, 0.2) is 0 Å². The minimum atomic E-state index is -0.431. The summed E-state index contributed by atoms with van der Waals surface area (Å²) in [7, 11) is 0. The van der Waals surface area contributed by atoms with Gasteiger partial charge in [-0.05, 0) is 26.2 Å². The van der Waals surface area contributed by atoms with E-state index in [4.69, 9.17) is 10.3 Å². The third kappa shape index (κ3) is 4.84. The molecule has 0 aliphatic heterocycles. The quantitative estimate of drug-likeness (QED) is 0.836. The van der Waals surface area contributed by atoms with E-state index in [1.54, 1.807) is 0 Å². The molecule has 0 aromatic carbocycles. The Balaban J connectivity index is 0.00000324. The van der Waals surface area contributed by atoms with Crippen molar-refractivity contribution in [2.24, 2.45) is 11.7 Å². The van der Waals surface area contributed by atoms with Gasteiger partial charge in [-0.1, -0.05) is 25.4 Å². The zero-order valence-corrected chi connectivity index (χ0v) is 12.8. The van der Waals surface area contributed by atoms with Crippen LogP contribution in [0.1, 0.15) is 37.3 Å². The molecule has 2 unspecified atom stereocenters. The van der Waals surface area contributed by atoms with Gasteiger partial charge >= 0.3 is 0 Å². The normalized spacial score (nSPS) is 13.5. The number of halogens is 1. The molecule has 110 valence electrons. The maximum atomic E-state index is 11.8. The average molecular weight is 290 g/mol. The number of carbonyl (C=O) groups is 1. The maximum Gasteiger partial charge on any atom is 0.237 e. The van der Waals surface area contributed by atoms with E-state index in [0.717, 1.165) is 29.9 Å². The van der Waals surface area contributed by atoms with E-state index in [9.17, 15) is 4.79 Å². The fraction of sp³-hybridized carbons (Fsp3) is 0.692. The topological polar surface area (TPSA) is 81.2 Å². The van der Waals surface area contributed by atoms with Gasteiger partial charge in [-0.25, -0.2) is 0 Å². The van der Waals surface area contributed by atoms with Gasteiger partial charge < -0.3 is 15.6 Å². The number of carbonyl (C=O) groups excluding carboxylic acids is 1. The van der Waals surface area contributed by atoms with Crippen LogP contribution in [0.2, 0.25) is 0 Å². The summed E-state index contributed by atoms with van der Waals surface area (Å²) in [6.45, 7) is 8.35. The van der Waals surface area contributed by atoms with Crippen LogP contribution in [0, 0.1) is 19.8 Å². The molecule has 0 saturated carbocycles. The number of nitrogens with two attached hydrogens (primary N) is 1. The number of aromatic nitrogens is 1. The SMILES string of the molecule is CCC(C)C(N)C(=O)NCCc1c(C)noc1C.Cl. The van der Waals surface area contributed by atoms with E-state index in [-0.39, 0.29) is 24.2 Å². The summed E-state index contributed by atoms with van der Waals surface area (Å²) < 4.78 is 5.07. The molecule has 0 bridgehead atoms. The van der Waals surface area contributed by atoms with Crippen LogP contribution in [0.5, 0.6) is 0 Å². The minimum absolute atomic E-state index is 0. The fourth-order valence-electron chi connectivity index (χ4n) is 1.80. The van der Waals surface area contributed by atoms with Crippen LogP contribution < -0.4 is 11.1 Å². The van der Waals surface area contributed by atoms with Crippen molar-refractivity contribution >= 4 is 18.3 Å². The van der Waals surface area contributed by atoms with E-state index < -0.39 is 6.04 Å². The first-order chi connectivity index (χ1) is 8.47. The average Bonchev–Trinajstić information content (AvgIpc) is 2.68. The standard InChI is InChI=1S/C13H23N3O2.ClH/c1-5-8(2)12(14)13(17)15-7-6-11-9(3)16-18-10(11)4;/h8,12H,5-7,14H2,1-4H3,(H,15,17);1H. The van der Waals surface area contributed by atoms with Crippen molar-refractivity contribution in [3.8, 4) is 0 Å². The van der Waals surface area contributed by atoms with Crippen LogP contribution in [0.3, 0.4) is 0 Å². The lowest BCUT2D eigenvalue weighted by Crippen LogP contribution is -2.45. The molecule has 1 heterocycles. The van der Waals surface area contributed by atoms with Crippen molar-refractivity contribution in [3.63, 3.8) is 0 Å². The summed E-state index contributed by atoms with van der Waals surface area (Å²) in [5.74, 6) is 0.924. The van der Waals surface area contributed by atoms with Crippen LogP contribution >= 0.6 is 12.4 Å². The molecule has 0 aliphatic rings. The second kappa shape index (κ2) is 8.17. The maximum absolute atomic E-state index is 11.8. The van der Waals surface area contributed by atoms with Crippen LogP contribution in [-0.2, 0) is 11.2 Å². The Morgan fingerprint density at radius 2 is 2.11 bits per heavy atom. The van der Waals surface area contributed by atoms with E-state index in [1.165, 1.54) is 0 Å². The van der Waals surface area contributed by atoms with Gasteiger partial charge in [0, 0.05) is 12.1 Å². The summed E-state index contributed by atoms with van der Waals surface area (Å²) in [4.78, 5) is 11.8. The van der Waals surface area contributed by atoms with Gasteiger partial charge in [-0.15, -0.1) is 12.4 Å². The Kier molecular flexibility index (Phi) is 7.71. The number of rotatable bonds is 6. The van der Waals surface area contributed by atoms with E-state index in [0.29, 0.717) is 6.54 Å². The Hall–Kier alpha value is -1.07. The molecule has 0 saturated heterocycles. The summed E-state index contributed by atoms with van der Waals surface area (Å²) >= 11 is 0. The Labute approximate surface area is 120 Å². The monoisotopic (exact) mass is 289 g/mol. The fourth-order valence-corrected chi connectivity index (χ4v) is 1.80. The lowest BCUT2D eigenvalue weighted by Gasteiger charge is -2.17. The second-order valence-corrected chi connectivity index (χ2v) is 4.76. The molecule has 2 atom stereocenters. The summed E-state index contributed by atoms with van der Waals surface area (Å²) in [6.07, 6.45) is 1.62. The van der Waals surface area contributed by atoms with Crippen LogP contribution in [-0.4, -0.2) is 23.7 Å². The van der Waals surface area contributed by atoms with Crippen molar-refractivity contribution in [3.05, 3.63) is 17.0 Å². The third-order valence-electron chi connectivity index (χ3n) is 3.42. The number of hydrogen-bond acceptors (Lipinski definition) is 4. The van der Waals surface area contributed by atoms with Gasteiger partial charge in [0.05, 0.1) is 11.7 Å². The summed E-state index contributed by atoms with van der Waals surface area (Å²) in [6, 6.07) is -0.431. The van der Waals surface area contributed by atoms with Gasteiger partial charge in [0.1, 0.15) is 5.76 Å². The van der Waals surface area contributed by atoms with Gasteiger partial charge in [0.2, 0.25) is 5.91 Å². The Morgan fingerprint density at radius 3 is 2.58 bits per heavy atom. The number of amides is 1. The van der Waals surface area contributed by atoms with Gasteiger partial charge in [0.25, 0.3) is 0 Å². The highest BCUT2D eigenvalue weighted by molar-refractivity contribution is 5.85.